The summed E-state index contributed by atoms with van der Waals surface area (Å²) in [4.78, 5) is 14.4. The van der Waals surface area contributed by atoms with Crippen LogP contribution < -0.4 is 4.74 Å². The van der Waals surface area contributed by atoms with Gasteiger partial charge in [-0.1, -0.05) is 48.5 Å². The Morgan fingerprint density at radius 2 is 1.57 bits per heavy atom. The maximum absolute atomic E-state index is 12.5. The van der Waals surface area contributed by atoms with E-state index in [-0.39, 0.29) is 12.5 Å². The van der Waals surface area contributed by atoms with Crippen molar-refractivity contribution in [3.63, 3.8) is 0 Å². The molecule has 28 heavy (non-hydrogen) atoms. The van der Waals surface area contributed by atoms with Crippen LogP contribution in [0.3, 0.4) is 0 Å². The van der Waals surface area contributed by atoms with Crippen molar-refractivity contribution in [2.24, 2.45) is 0 Å². The zero-order chi connectivity index (χ0) is 19.3. The Morgan fingerprint density at radius 1 is 0.929 bits per heavy atom. The molecule has 0 fully saturated rings. The van der Waals surface area contributed by atoms with Gasteiger partial charge in [0.15, 0.2) is 6.61 Å². The maximum Gasteiger partial charge on any atom is 0.260 e. The van der Waals surface area contributed by atoms with E-state index in [0.717, 1.165) is 24.1 Å². The van der Waals surface area contributed by atoms with Crippen LogP contribution in [0.4, 0.5) is 0 Å². The number of hydrogen-bond acceptors (Lipinski definition) is 3. The second-order valence-electron chi connectivity index (χ2n) is 6.84. The predicted molar refractivity (Wildman–Crippen MR) is 108 cm³/mol. The Bertz CT molecular complexity index is 1020. The van der Waals surface area contributed by atoms with Crippen molar-refractivity contribution in [1.82, 2.24) is 4.90 Å². The van der Waals surface area contributed by atoms with Crippen molar-refractivity contribution in [3.8, 4) is 22.9 Å². The number of carbonyl (C=O) groups excluding carboxylic acids is 1. The predicted octanol–water partition coefficient (Wildman–Crippen LogP) is 4.19. The molecule has 0 aromatic heterocycles. The van der Waals surface area contributed by atoms with Crippen LogP contribution in [0.25, 0.3) is 11.1 Å². The molecule has 0 bridgehead atoms. The second kappa shape index (κ2) is 7.98. The number of carbonyl (C=O) groups is 1. The Morgan fingerprint density at radius 3 is 2.25 bits per heavy atom. The molecule has 1 amide bonds. The van der Waals surface area contributed by atoms with Gasteiger partial charge in [0.25, 0.3) is 5.91 Å². The highest BCUT2D eigenvalue weighted by molar-refractivity contribution is 5.78. The van der Waals surface area contributed by atoms with Crippen LogP contribution >= 0.6 is 0 Å². The average Bonchev–Trinajstić information content (AvgIpc) is 2.77. The number of ether oxygens (including phenoxy) is 1. The highest BCUT2D eigenvalue weighted by atomic mass is 16.5. The van der Waals surface area contributed by atoms with Gasteiger partial charge in [0, 0.05) is 13.1 Å². The molecule has 1 aliphatic heterocycles. The van der Waals surface area contributed by atoms with Gasteiger partial charge in [-0.25, -0.2) is 0 Å². The zero-order valence-electron chi connectivity index (χ0n) is 15.5. The molecular formula is C24H20N2O2. The molecule has 0 saturated heterocycles. The summed E-state index contributed by atoms with van der Waals surface area (Å²) in [6, 6.07) is 25.5. The quantitative estimate of drug-likeness (QED) is 0.694. The molecule has 0 radical (unpaired) electrons. The van der Waals surface area contributed by atoms with Gasteiger partial charge in [-0.15, -0.1) is 0 Å². The minimum absolute atomic E-state index is 0.00525. The molecule has 0 saturated carbocycles. The molecule has 0 unspecified atom stereocenters. The van der Waals surface area contributed by atoms with Gasteiger partial charge in [-0.2, -0.15) is 5.26 Å². The molecule has 4 rings (SSSR count). The van der Waals surface area contributed by atoms with Crippen LogP contribution in [0.2, 0.25) is 0 Å². The Labute approximate surface area is 164 Å². The fraction of sp³-hybridized carbons (Fsp3) is 0.167. The third-order valence-electron chi connectivity index (χ3n) is 5.05. The van der Waals surface area contributed by atoms with Crippen LogP contribution in [0, 0.1) is 11.3 Å². The molecule has 4 nitrogen and oxygen atoms in total. The molecular weight excluding hydrogens is 348 g/mol. The number of rotatable bonds is 4. The molecule has 3 aromatic carbocycles. The van der Waals surface area contributed by atoms with Gasteiger partial charge in [-0.3, -0.25) is 4.79 Å². The molecule has 0 spiro atoms. The lowest BCUT2D eigenvalue weighted by atomic mass is 10.00. The number of nitrogens with zero attached hydrogens (tertiary/aromatic N) is 2. The first-order valence-corrected chi connectivity index (χ1v) is 9.31. The maximum atomic E-state index is 12.5. The van der Waals surface area contributed by atoms with Crippen LogP contribution in [0.5, 0.6) is 5.75 Å². The highest BCUT2D eigenvalue weighted by Crippen LogP contribution is 2.23. The van der Waals surface area contributed by atoms with Gasteiger partial charge >= 0.3 is 0 Å². The number of hydrogen-bond donors (Lipinski definition) is 0. The number of nitriles is 1. The first-order chi connectivity index (χ1) is 13.7. The monoisotopic (exact) mass is 368 g/mol. The summed E-state index contributed by atoms with van der Waals surface area (Å²) in [5.41, 5.74) is 5.26. The lowest BCUT2D eigenvalue weighted by Gasteiger charge is -2.28. The zero-order valence-corrected chi connectivity index (χ0v) is 15.5. The van der Waals surface area contributed by atoms with E-state index in [4.69, 9.17) is 10.00 Å². The second-order valence-corrected chi connectivity index (χ2v) is 6.84. The van der Waals surface area contributed by atoms with E-state index in [1.807, 2.05) is 53.4 Å². The van der Waals surface area contributed by atoms with Crippen molar-refractivity contribution in [3.05, 3.63) is 89.5 Å². The smallest absolute Gasteiger partial charge is 0.260 e. The van der Waals surface area contributed by atoms with E-state index in [1.54, 1.807) is 12.1 Å². The van der Waals surface area contributed by atoms with Crippen molar-refractivity contribution >= 4 is 5.91 Å². The van der Waals surface area contributed by atoms with E-state index >= 15 is 0 Å². The molecule has 0 N–H and O–H groups in total. The van der Waals surface area contributed by atoms with Gasteiger partial charge in [0.1, 0.15) is 5.75 Å². The molecule has 138 valence electrons. The standard InChI is InChI=1S/C24H20N2O2/c25-15-18-5-7-20(8-6-18)21-9-11-23(12-10-21)28-17-24(27)26-14-13-19-3-1-2-4-22(19)16-26/h1-12H,13-14,16-17H2. The van der Waals surface area contributed by atoms with Crippen LogP contribution in [0.15, 0.2) is 72.8 Å². The average molecular weight is 368 g/mol. The summed E-state index contributed by atoms with van der Waals surface area (Å²) in [5.74, 6) is 0.675. The highest BCUT2D eigenvalue weighted by Gasteiger charge is 2.20. The van der Waals surface area contributed by atoms with Crippen molar-refractivity contribution < 1.29 is 9.53 Å². The number of benzene rings is 3. The minimum Gasteiger partial charge on any atom is -0.484 e. The van der Waals surface area contributed by atoms with Crippen LogP contribution in [-0.2, 0) is 17.8 Å². The molecule has 4 heteroatoms. The van der Waals surface area contributed by atoms with E-state index in [9.17, 15) is 4.79 Å². The first-order valence-electron chi connectivity index (χ1n) is 9.31. The van der Waals surface area contributed by atoms with Gasteiger partial charge in [0.2, 0.25) is 0 Å². The summed E-state index contributed by atoms with van der Waals surface area (Å²) in [6.45, 7) is 1.42. The van der Waals surface area contributed by atoms with E-state index in [2.05, 4.69) is 18.2 Å². The lowest BCUT2D eigenvalue weighted by molar-refractivity contribution is -0.134. The molecule has 1 aliphatic rings. The third-order valence-corrected chi connectivity index (χ3v) is 5.05. The van der Waals surface area contributed by atoms with E-state index in [0.29, 0.717) is 17.9 Å². The fourth-order valence-electron chi connectivity index (χ4n) is 3.43. The minimum atomic E-state index is 0.00525. The van der Waals surface area contributed by atoms with Crippen molar-refractivity contribution in [1.29, 1.82) is 5.26 Å². The summed E-state index contributed by atoms with van der Waals surface area (Å²) < 4.78 is 5.70. The molecule has 0 aliphatic carbocycles. The Kier molecular flexibility index (Phi) is 5.07. The Balaban J connectivity index is 1.35. The summed E-state index contributed by atoms with van der Waals surface area (Å²) >= 11 is 0. The normalized spacial score (nSPS) is 12.8. The third kappa shape index (κ3) is 3.89. The number of amides is 1. The topological polar surface area (TPSA) is 53.3 Å². The SMILES string of the molecule is N#Cc1ccc(-c2ccc(OCC(=O)N3CCc4ccccc4C3)cc2)cc1. The van der Waals surface area contributed by atoms with Crippen molar-refractivity contribution in [2.45, 2.75) is 13.0 Å². The first kappa shape index (κ1) is 17.8. The molecule has 0 atom stereocenters. The molecule has 1 heterocycles. The van der Waals surface area contributed by atoms with Gasteiger partial charge < -0.3 is 9.64 Å². The van der Waals surface area contributed by atoms with Crippen molar-refractivity contribution in [2.75, 3.05) is 13.2 Å². The fourth-order valence-corrected chi connectivity index (χ4v) is 3.43. The number of fused-ring (bicyclic) bond motifs is 1. The van der Waals surface area contributed by atoms with E-state index < -0.39 is 0 Å². The Hall–Kier alpha value is -3.58. The molecule has 3 aromatic rings. The van der Waals surface area contributed by atoms with Crippen LogP contribution in [-0.4, -0.2) is 24.0 Å². The summed E-state index contributed by atoms with van der Waals surface area (Å²) in [5, 5.41) is 8.88. The summed E-state index contributed by atoms with van der Waals surface area (Å²) in [7, 11) is 0. The summed E-state index contributed by atoms with van der Waals surface area (Å²) in [6.07, 6.45) is 0.890. The lowest BCUT2D eigenvalue weighted by Crippen LogP contribution is -2.38. The van der Waals surface area contributed by atoms with E-state index in [1.165, 1.54) is 11.1 Å². The van der Waals surface area contributed by atoms with Gasteiger partial charge in [-0.05, 0) is 52.9 Å². The largest absolute Gasteiger partial charge is 0.484 e. The van der Waals surface area contributed by atoms with Crippen LogP contribution in [0.1, 0.15) is 16.7 Å². The van der Waals surface area contributed by atoms with Gasteiger partial charge in [0.05, 0.1) is 11.6 Å².